The van der Waals surface area contributed by atoms with Crippen molar-refractivity contribution in [3.05, 3.63) is 46.7 Å². The quantitative estimate of drug-likeness (QED) is 0.899. The third-order valence-corrected chi connectivity index (χ3v) is 3.11. The van der Waals surface area contributed by atoms with E-state index in [1.165, 1.54) is 0 Å². The first-order valence-electron chi connectivity index (χ1n) is 4.91. The summed E-state index contributed by atoms with van der Waals surface area (Å²) in [7, 11) is 0. The number of para-hydroxylation sites is 1. The molecule has 0 spiro atoms. The number of benzene rings is 1. The number of aliphatic hydroxyl groups excluding tert-OH is 1. The molecule has 0 amide bonds. The van der Waals surface area contributed by atoms with Gasteiger partial charge in [-0.3, -0.25) is 0 Å². The first kappa shape index (κ1) is 11.3. The minimum Gasteiger partial charge on any atom is -0.387 e. The highest BCUT2D eigenvalue weighted by Gasteiger charge is 2.15. The Morgan fingerprint density at radius 2 is 2.06 bits per heavy atom. The second kappa shape index (κ2) is 4.78. The summed E-state index contributed by atoms with van der Waals surface area (Å²) in [6.45, 7) is 0.180. The van der Waals surface area contributed by atoms with Gasteiger partial charge in [-0.1, -0.05) is 18.2 Å². The van der Waals surface area contributed by atoms with Crippen molar-refractivity contribution in [3.8, 4) is 5.69 Å². The molecule has 1 heterocycles. The highest BCUT2D eigenvalue weighted by molar-refractivity contribution is 9.10. The molecule has 0 saturated heterocycles. The van der Waals surface area contributed by atoms with Crippen LogP contribution in [0, 0.1) is 0 Å². The highest BCUT2D eigenvalue weighted by atomic mass is 79.9. The fourth-order valence-corrected chi connectivity index (χ4v) is 2.11. The number of aliphatic hydroxyl groups is 1. The van der Waals surface area contributed by atoms with Gasteiger partial charge in [0.05, 0.1) is 18.0 Å². The Labute approximate surface area is 102 Å². The van der Waals surface area contributed by atoms with E-state index in [4.69, 9.17) is 5.73 Å². The van der Waals surface area contributed by atoms with Crippen molar-refractivity contribution in [2.45, 2.75) is 6.10 Å². The number of rotatable bonds is 3. The van der Waals surface area contributed by atoms with Crippen LogP contribution in [0.1, 0.15) is 11.7 Å². The van der Waals surface area contributed by atoms with Crippen molar-refractivity contribution in [2.24, 2.45) is 5.73 Å². The van der Waals surface area contributed by atoms with Crippen molar-refractivity contribution in [2.75, 3.05) is 6.54 Å². The van der Waals surface area contributed by atoms with Gasteiger partial charge in [0.1, 0.15) is 4.60 Å². The van der Waals surface area contributed by atoms with E-state index in [0.29, 0.717) is 5.56 Å². The van der Waals surface area contributed by atoms with Crippen LogP contribution in [0.25, 0.3) is 5.69 Å². The number of nitrogens with two attached hydrogens (primary N) is 1. The summed E-state index contributed by atoms with van der Waals surface area (Å²) >= 11 is 3.41. The molecule has 2 rings (SSSR count). The molecule has 0 bridgehead atoms. The summed E-state index contributed by atoms with van der Waals surface area (Å²) in [5.74, 6) is 0. The Bertz CT molecular complexity index is 469. The number of nitrogens with zero attached hydrogens (tertiary/aromatic N) is 2. The average molecular weight is 282 g/mol. The van der Waals surface area contributed by atoms with Gasteiger partial charge in [-0.05, 0) is 28.1 Å². The van der Waals surface area contributed by atoms with Crippen LogP contribution in [0.3, 0.4) is 0 Å². The van der Waals surface area contributed by atoms with Crippen LogP contribution >= 0.6 is 15.9 Å². The molecule has 84 valence electrons. The highest BCUT2D eigenvalue weighted by Crippen LogP contribution is 2.25. The van der Waals surface area contributed by atoms with Gasteiger partial charge >= 0.3 is 0 Å². The van der Waals surface area contributed by atoms with Gasteiger partial charge in [0.25, 0.3) is 0 Å². The van der Waals surface area contributed by atoms with Gasteiger partial charge in [0.2, 0.25) is 0 Å². The SMILES string of the molecule is NCC(O)c1cnn(-c2ccccc2)c1Br. The van der Waals surface area contributed by atoms with E-state index >= 15 is 0 Å². The fourth-order valence-electron chi connectivity index (χ4n) is 1.45. The molecule has 0 fully saturated rings. The molecule has 1 aromatic carbocycles. The van der Waals surface area contributed by atoms with Crippen molar-refractivity contribution in [1.29, 1.82) is 0 Å². The molecule has 1 aromatic heterocycles. The lowest BCUT2D eigenvalue weighted by Gasteiger charge is -2.07. The zero-order chi connectivity index (χ0) is 11.5. The maximum atomic E-state index is 9.66. The largest absolute Gasteiger partial charge is 0.387 e. The average Bonchev–Trinajstić information content (AvgIpc) is 2.71. The molecule has 0 aliphatic heterocycles. The second-order valence-electron chi connectivity index (χ2n) is 3.39. The lowest BCUT2D eigenvalue weighted by atomic mass is 10.2. The van der Waals surface area contributed by atoms with Crippen LogP contribution in [0.15, 0.2) is 41.1 Å². The van der Waals surface area contributed by atoms with Crippen molar-refractivity contribution in [3.63, 3.8) is 0 Å². The Hall–Kier alpha value is -1.17. The lowest BCUT2D eigenvalue weighted by Crippen LogP contribution is -2.11. The van der Waals surface area contributed by atoms with Gasteiger partial charge in [0.15, 0.2) is 0 Å². The molecule has 1 unspecified atom stereocenters. The van der Waals surface area contributed by atoms with E-state index in [1.807, 2.05) is 30.3 Å². The minimum absolute atomic E-state index is 0.180. The number of hydrogen-bond donors (Lipinski definition) is 2. The van der Waals surface area contributed by atoms with Crippen LogP contribution in [-0.4, -0.2) is 21.4 Å². The third-order valence-electron chi connectivity index (χ3n) is 2.32. The maximum absolute atomic E-state index is 9.66. The zero-order valence-electron chi connectivity index (χ0n) is 8.55. The summed E-state index contributed by atoms with van der Waals surface area (Å²) in [5.41, 5.74) is 7.05. The molecule has 2 aromatic rings. The van der Waals surface area contributed by atoms with Crippen molar-refractivity contribution < 1.29 is 5.11 Å². The van der Waals surface area contributed by atoms with Crippen molar-refractivity contribution >= 4 is 15.9 Å². The number of halogens is 1. The van der Waals surface area contributed by atoms with Gasteiger partial charge in [0, 0.05) is 12.1 Å². The number of aromatic nitrogens is 2. The van der Waals surface area contributed by atoms with E-state index in [2.05, 4.69) is 21.0 Å². The van der Waals surface area contributed by atoms with Crippen LogP contribution in [0.4, 0.5) is 0 Å². The molecule has 0 saturated carbocycles. The minimum atomic E-state index is -0.688. The predicted molar refractivity (Wildman–Crippen MR) is 65.3 cm³/mol. The summed E-state index contributed by atoms with van der Waals surface area (Å²) in [4.78, 5) is 0. The predicted octanol–water partition coefficient (Wildman–Crippen LogP) is 1.63. The zero-order valence-corrected chi connectivity index (χ0v) is 10.1. The van der Waals surface area contributed by atoms with E-state index in [1.54, 1.807) is 10.9 Å². The van der Waals surface area contributed by atoms with Crippen LogP contribution < -0.4 is 5.73 Å². The number of hydrogen-bond acceptors (Lipinski definition) is 3. The van der Waals surface area contributed by atoms with Gasteiger partial charge < -0.3 is 10.8 Å². The molecular formula is C11H12BrN3O. The van der Waals surface area contributed by atoms with Gasteiger partial charge in [-0.15, -0.1) is 0 Å². The van der Waals surface area contributed by atoms with E-state index in [9.17, 15) is 5.11 Å². The van der Waals surface area contributed by atoms with Gasteiger partial charge in [-0.2, -0.15) is 5.10 Å². The Morgan fingerprint density at radius 1 is 1.38 bits per heavy atom. The van der Waals surface area contributed by atoms with Crippen LogP contribution in [0.2, 0.25) is 0 Å². The lowest BCUT2D eigenvalue weighted by molar-refractivity contribution is 0.186. The third kappa shape index (κ3) is 2.02. The molecule has 3 N–H and O–H groups in total. The molecule has 16 heavy (non-hydrogen) atoms. The van der Waals surface area contributed by atoms with Crippen LogP contribution in [0.5, 0.6) is 0 Å². The fraction of sp³-hybridized carbons (Fsp3) is 0.182. The summed E-state index contributed by atoms with van der Waals surface area (Å²) < 4.78 is 2.45. The van der Waals surface area contributed by atoms with Gasteiger partial charge in [-0.25, -0.2) is 4.68 Å². The van der Waals surface area contributed by atoms with E-state index < -0.39 is 6.10 Å². The molecule has 0 aliphatic rings. The Morgan fingerprint density at radius 3 is 2.69 bits per heavy atom. The topological polar surface area (TPSA) is 64.1 Å². The molecule has 0 radical (unpaired) electrons. The first-order valence-corrected chi connectivity index (χ1v) is 5.70. The molecule has 0 aliphatic carbocycles. The first-order chi connectivity index (χ1) is 7.74. The monoisotopic (exact) mass is 281 g/mol. The maximum Gasteiger partial charge on any atom is 0.115 e. The normalized spacial score (nSPS) is 12.7. The van der Waals surface area contributed by atoms with E-state index in [0.717, 1.165) is 10.3 Å². The van der Waals surface area contributed by atoms with Crippen molar-refractivity contribution in [1.82, 2.24) is 9.78 Å². The second-order valence-corrected chi connectivity index (χ2v) is 4.14. The molecule has 1 atom stereocenters. The molecule has 4 nitrogen and oxygen atoms in total. The summed E-state index contributed by atoms with van der Waals surface area (Å²) in [6, 6.07) is 9.69. The molecular weight excluding hydrogens is 270 g/mol. The smallest absolute Gasteiger partial charge is 0.115 e. The standard InChI is InChI=1S/C11H12BrN3O/c12-11-9(10(16)6-13)7-14-15(11)8-4-2-1-3-5-8/h1-5,7,10,16H,6,13H2. The molecule has 5 heteroatoms. The summed E-state index contributed by atoms with van der Waals surface area (Å²) in [6.07, 6.45) is 0.932. The Kier molecular flexibility index (Phi) is 3.38. The Balaban J connectivity index is 2.41. The van der Waals surface area contributed by atoms with E-state index in [-0.39, 0.29) is 6.54 Å². The summed E-state index contributed by atoms with van der Waals surface area (Å²) in [5, 5.41) is 13.9. The van der Waals surface area contributed by atoms with Crippen LogP contribution in [-0.2, 0) is 0 Å².